The van der Waals surface area contributed by atoms with Crippen LogP contribution < -0.4 is 11.3 Å². The molecule has 0 radical (unpaired) electrons. The molecule has 21 nitrogen and oxygen atoms in total. The van der Waals surface area contributed by atoms with E-state index in [1.54, 1.807) is 0 Å². The van der Waals surface area contributed by atoms with E-state index in [4.69, 9.17) is 33.5 Å². The van der Waals surface area contributed by atoms with Gasteiger partial charge in [-0.05, 0) is 0 Å². The van der Waals surface area contributed by atoms with E-state index in [-0.39, 0.29) is 17.1 Å². The number of imidazole rings is 1. The molecule has 5 rings (SSSR count). The van der Waals surface area contributed by atoms with Crippen LogP contribution in [-0.2, 0) is 32.3 Å². The molecule has 0 spiro atoms. The Morgan fingerprint density at radius 2 is 1.60 bits per heavy atom. The second kappa shape index (κ2) is 11.4. The van der Waals surface area contributed by atoms with E-state index < -0.39 is 107 Å². The highest BCUT2D eigenvalue weighted by molar-refractivity contribution is 7.48. The molecule has 42 heavy (non-hydrogen) atoms. The zero-order chi connectivity index (χ0) is 30.6. The summed E-state index contributed by atoms with van der Waals surface area (Å²) in [5.41, 5.74) is 4.66. The fraction of sp³-hybridized carbons (Fsp3) is 0.750. The Hall–Kier alpha value is -2.18. The van der Waals surface area contributed by atoms with Gasteiger partial charge in [0.05, 0.1) is 51.2 Å². The van der Waals surface area contributed by atoms with Crippen LogP contribution in [0.2, 0.25) is 0 Å². The second-order valence-corrected chi connectivity index (χ2v) is 11.4. The Kier molecular flexibility index (Phi) is 8.48. The van der Waals surface area contributed by atoms with Crippen molar-refractivity contribution in [2.45, 2.75) is 73.7 Å². The highest BCUT2D eigenvalue weighted by Gasteiger charge is 2.57. The molecule has 0 saturated carbocycles. The number of hydrogen-bond acceptors (Lipinski definition) is 19. The lowest BCUT2D eigenvalue weighted by molar-refractivity contribution is -0.344. The maximum Gasteiger partial charge on any atom is 0.483 e. The van der Waals surface area contributed by atoms with Gasteiger partial charge in [0.25, 0.3) is 17.5 Å². The molecule has 3 aliphatic rings. The van der Waals surface area contributed by atoms with Gasteiger partial charge in [-0.2, -0.15) is 4.98 Å². The van der Waals surface area contributed by atoms with Crippen molar-refractivity contribution in [3.8, 4) is 0 Å². The Labute approximate surface area is 234 Å². The molecule has 11 N–H and O–H groups in total. The second-order valence-electron chi connectivity index (χ2n) is 9.89. The van der Waals surface area contributed by atoms with E-state index in [9.17, 15) is 50.2 Å². The molecule has 3 saturated heterocycles. The van der Waals surface area contributed by atoms with Crippen molar-refractivity contribution in [2.24, 2.45) is 0 Å². The Balaban J connectivity index is 1.36. The van der Waals surface area contributed by atoms with Crippen molar-refractivity contribution in [2.75, 3.05) is 25.6 Å². The van der Waals surface area contributed by atoms with Gasteiger partial charge in [0.15, 0.2) is 17.4 Å². The number of phosphoric ester groups is 1. The molecular weight excluding hydrogens is 597 g/mol. The lowest BCUT2D eigenvalue weighted by atomic mass is 10.1. The van der Waals surface area contributed by atoms with Gasteiger partial charge < -0.3 is 60.8 Å². The van der Waals surface area contributed by atoms with Gasteiger partial charge in [-0.25, -0.2) is 18.6 Å². The molecule has 0 aliphatic carbocycles. The molecule has 0 amide bonds. The van der Waals surface area contributed by atoms with Crippen LogP contribution >= 0.6 is 7.82 Å². The summed E-state index contributed by atoms with van der Waals surface area (Å²) in [5, 5.41) is 81.3. The van der Waals surface area contributed by atoms with Gasteiger partial charge in [0.1, 0.15) is 30.5 Å². The fourth-order valence-electron chi connectivity index (χ4n) is 4.76. The summed E-state index contributed by atoms with van der Waals surface area (Å²) >= 11 is 0. The van der Waals surface area contributed by atoms with Gasteiger partial charge in [-0.1, -0.05) is 0 Å². The number of fused-ring (bicyclic) bond motifs is 1. The maximum absolute atomic E-state index is 13.7. The maximum atomic E-state index is 13.7. The Bertz CT molecular complexity index is 1360. The number of nitrogens with two attached hydrogens (primary N) is 1. The summed E-state index contributed by atoms with van der Waals surface area (Å²) in [6, 6.07) is 0. The van der Waals surface area contributed by atoms with Crippen LogP contribution in [0.4, 0.5) is 5.95 Å². The normalized spacial score (nSPS) is 39.0. The number of nitrogen functional groups attached to an aromatic ring is 1. The third-order valence-electron chi connectivity index (χ3n) is 6.79. The van der Waals surface area contributed by atoms with Crippen LogP contribution in [0.15, 0.2) is 11.1 Å². The first-order chi connectivity index (χ1) is 19.7. The van der Waals surface area contributed by atoms with Crippen LogP contribution in [0.3, 0.4) is 0 Å². The fourth-order valence-corrected chi connectivity index (χ4v) is 6.17. The number of aromatic amines is 1. The summed E-state index contributed by atoms with van der Waals surface area (Å²) in [6.45, 7) is -2.46. The number of aromatic nitrogens is 4. The number of hydrogen-bond donors (Lipinski definition) is 10. The number of ether oxygens (including phenoxy) is 3. The molecule has 3 fully saturated rings. The van der Waals surface area contributed by atoms with Crippen molar-refractivity contribution < 1.29 is 73.2 Å². The highest BCUT2D eigenvalue weighted by atomic mass is 31.2. The SMILES string of the molecule is Nc1nc2c(ncn2[C@@H]2O[C@H](COP(=O)(O[C@]3(O)C[C@H](O)[C@@H](CO)O3)O[C@]3(O)C[C@H](O)[C@@H](CO)O3)[C@@H](O)[C@H]2O)c(=O)[nH]1. The Morgan fingerprint density at radius 1 is 1.02 bits per heavy atom. The standard InChI is InChI=1S/C20H30N5O16P/c21-18-23-15-12(16(32)24-18)22-6-25(15)17-14(31)13(30)11(37-17)5-36-42(35,40-19(33)1-7(28)9(3-26)38-19)41-20(34)2-8(29)10(4-27)39-20/h6-11,13-14,17,26-31,33-34H,1-5H2,(H3,21,23,24,32)/t7-,8-,9+,10+,11+,13+,14+,17+,19-,20-/m0/s1. The number of rotatable bonds is 10. The topological polar surface area (TPSA) is 324 Å². The van der Waals surface area contributed by atoms with Gasteiger partial charge in [-0.3, -0.25) is 18.9 Å². The van der Waals surface area contributed by atoms with Crippen LogP contribution in [0.1, 0.15) is 19.1 Å². The predicted octanol–water partition coefficient (Wildman–Crippen LogP) is -4.94. The van der Waals surface area contributed by atoms with Crippen molar-refractivity contribution >= 4 is 24.9 Å². The van der Waals surface area contributed by atoms with Gasteiger partial charge in [0, 0.05) is 0 Å². The van der Waals surface area contributed by atoms with Gasteiger partial charge in [0.2, 0.25) is 5.95 Å². The first-order valence-corrected chi connectivity index (χ1v) is 13.9. The third kappa shape index (κ3) is 5.95. The first kappa shape index (κ1) is 31.3. The summed E-state index contributed by atoms with van der Waals surface area (Å²) in [6.07, 6.45) is -12.5. The van der Waals surface area contributed by atoms with Crippen LogP contribution in [0.5, 0.6) is 0 Å². The molecule has 5 heterocycles. The lowest BCUT2D eigenvalue weighted by Gasteiger charge is -2.32. The molecule has 0 aromatic carbocycles. The van der Waals surface area contributed by atoms with E-state index in [0.29, 0.717) is 0 Å². The summed E-state index contributed by atoms with van der Waals surface area (Å²) in [7, 11) is -5.31. The number of aliphatic hydroxyl groups excluding tert-OH is 6. The molecule has 2 aromatic heterocycles. The lowest BCUT2D eigenvalue weighted by Crippen LogP contribution is -2.38. The molecular formula is C20H30N5O16P. The molecule has 2 aromatic rings. The average Bonchev–Trinajstić information content (AvgIpc) is 3.60. The smallest absolute Gasteiger partial charge is 0.394 e. The zero-order valence-corrected chi connectivity index (χ0v) is 22.3. The van der Waals surface area contributed by atoms with Crippen LogP contribution in [0, 0.1) is 0 Å². The molecule has 236 valence electrons. The van der Waals surface area contributed by atoms with E-state index in [2.05, 4.69) is 15.0 Å². The van der Waals surface area contributed by atoms with Crippen LogP contribution in [0.25, 0.3) is 11.2 Å². The van der Waals surface area contributed by atoms with E-state index in [1.807, 2.05) is 0 Å². The predicted molar refractivity (Wildman–Crippen MR) is 129 cm³/mol. The minimum absolute atomic E-state index is 0.0957. The number of aliphatic hydroxyl groups is 8. The van der Waals surface area contributed by atoms with E-state index in [0.717, 1.165) is 10.9 Å². The Morgan fingerprint density at radius 3 is 2.12 bits per heavy atom. The minimum Gasteiger partial charge on any atom is -0.394 e. The number of H-pyrrole nitrogens is 1. The van der Waals surface area contributed by atoms with Crippen molar-refractivity contribution in [3.63, 3.8) is 0 Å². The average molecular weight is 627 g/mol. The molecule has 3 aliphatic heterocycles. The van der Waals surface area contributed by atoms with Gasteiger partial charge >= 0.3 is 7.82 Å². The molecule has 10 atom stereocenters. The van der Waals surface area contributed by atoms with Gasteiger partial charge in [-0.15, -0.1) is 0 Å². The minimum atomic E-state index is -5.31. The monoisotopic (exact) mass is 627 g/mol. The molecule has 22 heteroatoms. The zero-order valence-electron chi connectivity index (χ0n) is 21.4. The summed E-state index contributed by atoms with van der Waals surface area (Å²) in [4.78, 5) is 22.2. The summed E-state index contributed by atoms with van der Waals surface area (Å²) < 4.78 is 45.8. The molecule has 0 unspecified atom stereocenters. The van der Waals surface area contributed by atoms with Crippen LogP contribution in [-0.4, -0.2) is 135 Å². The summed E-state index contributed by atoms with van der Waals surface area (Å²) in [5.74, 6) is -6.05. The largest absolute Gasteiger partial charge is 0.483 e. The van der Waals surface area contributed by atoms with E-state index in [1.165, 1.54) is 0 Å². The van der Waals surface area contributed by atoms with Crippen molar-refractivity contribution in [1.29, 1.82) is 0 Å². The quantitative estimate of drug-likeness (QED) is 0.0871. The first-order valence-electron chi connectivity index (χ1n) is 12.5. The number of anilines is 1. The molecule has 0 bridgehead atoms. The number of phosphoric acid groups is 1. The highest BCUT2D eigenvalue weighted by Crippen LogP contribution is 2.58. The number of nitrogens with zero attached hydrogens (tertiary/aromatic N) is 3. The van der Waals surface area contributed by atoms with Crippen molar-refractivity contribution in [3.05, 3.63) is 16.7 Å². The third-order valence-corrected chi connectivity index (χ3v) is 8.27. The van der Waals surface area contributed by atoms with Crippen molar-refractivity contribution in [1.82, 2.24) is 19.5 Å². The number of nitrogens with one attached hydrogen (secondary N) is 1. The van der Waals surface area contributed by atoms with E-state index >= 15 is 0 Å².